The van der Waals surface area contributed by atoms with Crippen LogP contribution < -0.4 is 10.6 Å². The Labute approximate surface area is 201 Å². The summed E-state index contributed by atoms with van der Waals surface area (Å²) in [4.78, 5) is 26.0. The molecule has 0 aromatic heterocycles. The summed E-state index contributed by atoms with van der Waals surface area (Å²) in [7, 11) is 0. The molecule has 0 aromatic rings. The molecule has 0 spiro atoms. The molecule has 3 N–H and O–H groups in total. The van der Waals surface area contributed by atoms with Crippen LogP contribution in [0, 0.1) is 35.0 Å². The van der Waals surface area contributed by atoms with Gasteiger partial charge in [-0.2, -0.15) is 0 Å². The number of aliphatic hydroxyl groups is 1. The normalized spacial score (nSPS) is 39.3. The Hall–Kier alpha value is -1.10. The molecule has 7 atom stereocenters. The third-order valence-electron chi connectivity index (χ3n) is 10.2. The fraction of sp³-hybridized carbons (Fsp3) is 0.929. The van der Waals surface area contributed by atoms with Crippen LogP contribution in [0.2, 0.25) is 0 Å². The molecule has 0 aromatic carbocycles. The molecule has 5 nitrogen and oxygen atoms in total. The quantitative estimate of drug-likeness (QED) is 0.543. The molecule has 0 aliphatic heterocycles. The van der Waals surface area contributed by atoms with Gasteiger partial charge in [-0.05, 0) is 74.5 Å². The monoisotopic (exact) mass is 460 g/mol. The maximum atomic E-state index is 13.1. The van der Waals surface area contributed by atoms with E-state index in [9.17, 15) is 14.7 Å². The SMILES string of the molecule is C[C@H]1[C@@H]2[C@@H](O)[C@@H]([C@H](C)C(=O)NC3CCCCC3)CC[C@@]2(C)CC[C@@H]1NC(=O)C1CCCCC1. The third-order valence-corrected chi connectivity index (χ3v) is 10.2. The molecule has 0 unspecified atom stereocenters. The lowest BCUT2D eigenvalue weighted by Crippen LogP contribution is -2.59. The van der Waals surface area contributed by atoms with E-state index in [1.807, 2.05) is 6.92 Å². The van der Waals surface area contributed by atoms with E-state index < -0.39 is 6.10 Å². The van der Waals surface area contributed by atoms with Crippen molar-refractivity contribution in [3.63, 3.8) is 0 Å². The highest BCUT2D eigenvalue weighted by molar-refractivity contribution is 5.79. The summed E-state index contributed by atoms with van der Waals surface area (Å²) >= 11 is 0. The number of amides is 2. The van der Waals surface area contributed by atoms with Crippen LogP contribution in [-0.2, 0) is 9.59 Å². The zero-order valence-corrected chi connectivity index (χ0v) is 21.3. The van der Waals surface area contributed by atoms with Crippen LogP contribution in [0.15, 0.2) is 0 Å². The zero-order valence-electron chi connectivity index (χ0n) is 21.3. The van der Waals surface area contributed by atoms with Crippen molar-refractivity contribution in [2.45, 2.75) is 129 Å². The molecule has 33 heavy (non-hydrogen) atoms. The van der Waals surface area contributed by atoms with E-state index in [0.717, 1.165) is 51.4 Å². The van der Waals surface area contributed by atoms with Crippen LogP contribution in [0.4, 0.5) is 0 Å². The first kappa shape index (κ1) is 25.0. The summed E-state index contributed by atoms with van der Waals surface area (Å²) < 4.78 is 0. The minimum Gasteiger partial charge on any atom is -0.392 e. The summed E-state index contributed by atoms with van der Waals surface area (Å²) in [6.45, 7) is 6.58. The van der Waals surface area contributed by atoms with Gasteiger partial charge in [0.15, 0.2) is 0 Å². The van der Waals surface area contributed by atoms with E-state index in [0.29, 0.717) is 6.04 Å². The van der Waals surface area contributed by atoms with Gasteiger partial charge < -0.3 is 15.7 Å². The maximum absolute atomic E-state index is 13.1. The summed E-state index contributed by atoms with van der Waals surface area (Å²) in [5, 5.41) is 18.3. The van der Waals surface area contributed by atoms with E-state index >= 15 is 0 Å². The first-order valence-electron chi connectivity index (χ1n) is 14.1. The topological polar surface area (TPSA) is 78.4 Å². The fourth-order valence-electron chi connectivity index (χ4n) is 7.94. The van der Waals surface area contributed by atoms with Gasteiger partial charge in [0.05, 0.1) is 6.10 Å². The summed E-state index contributed by atoms with van der Waals surface area (Å²) in [6.07, 6.45) is 15.0. The van der Waals surface area contributed by atoms with Crippen molar-refractivity contribution in [2.75, 3.05) is 0 Å². The first-order valence-corrected chi connectivity index (χ1v) is 14.1. The molecule has 188 valence electrons. The molecule has 4 aliphatic rings. The van der Waals surface area contributed by atoms with Gasteiger partial charge in [0.2, 0.25) is 11.8 Å². The number of carbonyl (C=O) groups is 2. The molecule has 5 heteroatoms. The second-order valence-corrected chi connectivity index (χ2v) is 12.4. The highest BCUT2D eigenvalue weighted by Crippen LogP contribution is 2.55. The zero-order chi connectivity index (χ0) is 23.6. The maximum Gasteiger partial charge on any atom is 0.223 e. The molecule has 0 saturated heterocycles. The Morgan fingerprint density at radius 1 is 0.879 bits per heavy atom. The van der Waals surface area contributed by atoms with E-state index in [2.05, 4.69) is 24.5 Å². The van der Waals surface area contributed by atoms with Gasteiger partial charge in [0.1, 0.15) is 0 Å². The smallest absolute Gasteiger partial charge is 0.223 e. The lowest BCUT2D eigenvalue weighted by molar-refractivity contribution is -0.145. The van der Waals surface area contributed by atoms with Crippen molar-refractivity contribution < 1.29 is 14.7 Å². The Balaban J connectivity index is 1.40. The molecule has 4 saturated carbocycles. The molecule has 4 rings (SSSR count). The van der Waals surface area contributed by atoms with Crippen LogP contribution in [0.3, 0.4) is 0 Å². The van der Waals surface area contributed by atoms with E-state index in [-0.39, 0.29) is 52.9 Å². The number of aliphatic hydroxyl groups excluding tert-OH is 1. The van der Waals surface area contributed by atoms with Crippen LogP contribution in [0.25, 0.3) is 0 Å². The first-order chi connectivity index (χ1) is 15.8. The number of fused-ring (bicyclic) bond motifs is 1. The van der Waals surface area contributed by atoms with Crippen molar-refractivity contribution in [1.29, 1.82) is 0 Å². The molecule has 0 radical (unpaired) electrons. The Morgan fingerprint density at radius 2 is 1.48 bits per heavy atom. The predicted octanol–water partition coefficient (Wildman–Crippen LogP) is 4.96. The average molecular weight is 461 g/mol. The van der Waals surface area contributed by atoms with Gasteiger partial charge in [-0.25, -0.2) is 0 Å². The number of carbonyl (C=O) groups excluding carboxylic acids is 2. The van der Waals surface area contributed by atoms with E-state index in [4.69, 9.17) is 0 Å². The molecule has 4 aliphatic carbocycles. The van der Waals surface area contributed by atoms with Gasteiger partial charge in [0.25, 0.3) is 0 Å². The van der Waals surface area contributed by atoms with Gasteiger partial charge in [-0.15, -0.1) is 0 Å². The van der Waals surface area contributed by atoms with Crippen molar-refractivity contribution >= 4 is 11.8 Å². The van der Waals surface area contributed by atoms with Crippen LogP contribution in [0.1, 0.15) is 111 Å². The van der Waals surface area contributed by atoms with Gasteiger partial charge >= 0.3 is 0 Å². The molecule has 2 amide bonds. The minimum absolute atomic E-state index is 0.00177. The molecular formula is C28H48N2O3. The summed E-state index contributed by atoms with van der Waals surface area (Å²) in [5.74, 6) is 0.719. The molecule has 0 heterocycles. The van der Waals surface area contributed by atoms with Gasteiger partial charge in [-0.3, -0.25) is 9.59 Å². The lowest BCUT2D eigenvalue weighted by atomic mass is 9.51. The molecular weight excluding hydrogens is 412 g/mol. The van der Waals surface area contributed by atoms with Crippen molar-refractivity contribution in [3.8, 4) is 0 Å². The van der Waals surface area contributed by atoms with Crippen LogP contribution in [-0.4, -0.2) is 35.1 Å². The number of nitrogens with one attached hydrogen (secondary N) is 2. The summed E-state index contributed by atoms with van der Waals surface area (Å²) in [5.41, 5.74) is 0.0982. The van der Waals surface area contributed by atoms with Crippen molar-refractivity contribution in [1.82, 2.24) is 10.6 Å². The lowest BCUT2D eigenvalue weighted by Gasteiger charge is -2.56. The Bertz CT molecular complexity index is 685. The van der Waals surface area contributed by atoms with Gasteiger partial charge in [0, 0.05) is 23.9 Å². The minimum atomic E-state index is -0.486. The highest BCUT2D eigenvalue weighted by atomic mass is 16.3. The van der Waals surface area contributed by atoms with Crippen molar-refractivity contribution in [2.24, 2.45) is 35.0 Å². The fourth-order valence-corrected chi connectivity index (χ4v) is 7.94. The van der Waals surface area contributed by atoms with Crippen molar-refractivity contribution in [3.05, 3.63) is 0 Å². The Morgan fingerprint density at radius 3 is 2.15 bits per heavy atom. The number of rotatable bonds is 5. The largest absolute Gasteiger partial charge is 0.392 e. The van der Waals surface area contributed by atoms with E-state index in [1.165, 1.54) is 38.5 Å². The Kier molecular flexibility index (Phi) is 8.08. The standard InChI is InChI=1S/C28H48N2O3/c1-18(26(32)29-21-12-8-5-9-13-21)22-14-16-28(3)17-15-23(19(2)24(28)25(22)31)30-27(33)20-10-6-4-7-11-20/h18-25,31H,4-17H2,1-3H3,(H,29,32)(H,30,33)/t18-,19+,22+,23-,24+,25-,28-/m0/s1. The second kappa shape index (κ2) is 10.7. The van der Waals surface area contributed by atoms with Crippen LogP contribution in [0.5, 0.6) is 0 Å². The molecule has 0 bridgehead atoms. The highest BCUT2D eigenvalue weighted by Gasteiger charge is 2.54. The second-order valence-electron chi connectivity index (χ2n) is 12.4. The average Bonchev–Trinajstić information content (AvgIpc) is 2.82. The van der Waals surface area contributed by atoms with E-state index in [1.54, 1.807) is 0 Å². The summed E-state index contributed by atoms with van der Waals surface area (Å²) in [6, 6.07) is 0.449. The van der Waals surface area contributed by atoms with Crippen LogP contribution >= 0.6 is 0 Å². The van der Waals surface area contributed by atoms with Gasteiger partial charge in [-0.1, -0.05) is 59.3 Å². The third kappa shape index (κ3) is 5.44. The molecule has 4 fully saturated rings. The predicted molar refractivity (Wildman–Crippen MR) is 131 cm³/mol. The number of hydrogen-bond donors (Lipinski definition) is 3. The number of hydrogen-bond acceptors (Lipinski definition) is 3.